The van der Waals surface area contributed by atoms with Crippen LogP contribution in [0, 0.1) is 0 Å². The monoisotopic (exact) mass is 439 g/mol. The highest BCUT2D eigenvalue weighted by Crippen LogP contribution is 2.42. The van der Waals surface area contributed by atoms with Crippen LogP contribution in [0.25, 0.3) is 5.76 Å². The largest absolute Gasteiger partial charge is 0.507 e. The summed E-state index contributed by atoms with van der Waals surface area (Å²) in [7, 11) is 2.93. The summed E-state index contributed by atoms with van der Waals surface area (Å²) >= 11 is 0. The maximum absolute atomic E-state index is 13.0. The molecule has 2 atom stereocenters. The SMILES string of the molecule is COCCN1C(=O)C(=O)/C(=C(\O)c2ccc3c(c2)CC(C)O3)C1c1ccc(OC)c(O)c1. The standard InChI is InChI=1S/C24H25NO7/c1-13-10-16-11-15(5-6-18(16)32-13)22(27)20-21(14-4-7-19(31-3)17(26)12-14)25(8-9-30-2)24(29)23(20)28/h4-7,11-13,21,26-27H,8-10H2,1-3H3/b22-20-. The number of carbonyl (C=O) groups excluding carboxylic acids is 2. The molecule has 1 amide bonds. The first kappa shape index (κ1) is 21.7. The number of ether oxygens (including phenoxy) is 3. The number of Topliss-reactive ketones (excluding diaryl/α,β-unsaturated/α-hetero) is 1. The lowest BCUT2D eigenvalue weighted by Crippen LogP contribution is -2.32. The molecule has 2 aliphatic rings. The molecule has 0 aromatic heterocycles. The molecular weight excluding hydrogens is 414 g/mol. The predicted molar refractivity (Wildman–Crippen MR) is 116 cm³/mol. The van der Waals surface area contributed by atoms with E-state index in [4.69, 9.17) is 14.2 Å². The number of fused-ring (bicyclic) bond motifs is 1. The van der Waals surface area contributed by atoms with Gasteiger partial charge in [0, 0.05) is 25.6 Å². The van der Waals surface area contributed by atoms with Crippen LogP contribution >= 0.6 is 0 Å². The van der Waals surface area contributed by atoms with E-state index < -0.39 is 17.7 Å². The Morgan fingerprint density at radius 3 is 2.66 bits per heavy atom. The fraction of sp³-hybridized carbons (Fsp3) is 0.333. The minimum Gasteiger partial charge on any atom is -0.507 e. The second-order valence-electron chi connectivity index (χ2n) is 7.87. The molecule has 8 nitrogen and oxygen atoms in total. The Balaban J connectivity index is 1.84. The highest BCUT2D eigenvalue weighted by Gasteiger charge is 2.46. The quantitative estimate of drug-likeness (QED) is 0.405. The molecule has 2 aliphatic heterocycles. The highest BCUT2D eigenvalue weighted by atomic mass is 16.5. The van der Waals surface area contributed by atoms with E-state index in [9.17, 15) is 19.8 Å². The molecule has 4 rings (SSSR count). The zero-order valence-corrected chi connectivity index (χ0v) is 18.1. The number of carbonyl (C=O) groups is 2. The normalized spacial score (nSPS) is 21.5. The maximum atomic E-state index is 13.0. The highest BCUT2D eigenvalue weighted by molar-refractivity contribution is 6.46. The van der Waals surface area contributed by atoms with E-state index >= 15 is 0 Å². The topological polar surface area (TPSA) is 106 Å². The van der Waals surface area contributed by atoms with E-state index in [1.54, 1.807) is 30.3 Å². The minimum absolute atomic E-state index is 0.0318. The Morgan fingerprint density at radius 1 is 1.19 bits per heavy atom. The maximum Gasteiger partial charge on any atom is 0.295 e. The zero-order chi connectivity index (χ0) is 23.0. The Morgan fingerprint density at radius 2 is 1.97 bits per heavy atom. The third-order valence-corrected chi connectivity index (χ3v) is 5.76. The third kappa shape index (κ3) is 3.67. The fourth-order valence-electron chi connectivity index (χ4n) is 4.25. The molecule has 2 N–H and O–H groups in total. The lowest BCUT2D eigenvalue weighted by Gasteiger charge is -2.25. The number of rotatable bonds is 6. The van der Waals surface area contributed by atoms with Gasteiger partial charge in [0.2, 0.25) is 0 Å². The Bertz CT molecular complexity index is 1110. The number of ketones is 1. The van der Waals surface area contributed by atoms with Gasteiger partial charge >= 0.3 is 0 Å². The minimum atomic E-state index is -0.884. The van der Waals surface area contributed by atoms with Gasteiger partial charge < -0.3 is 29.3 Å². The molecular formula is C24H25NO7. The van der Waals surface area contributed by atoms with Crippen molar-refractivity contribution in [1.29, 1.82) is 0 Å². The number of aliphatic hydroxyl groups excluding tert-OH is 1. The van der Waals surface area contributed by atoms with Gasteiger partial charge in [-0.05, 0) is 48.4 Å². The number of hydrogen-bond donors (Lipinski definition) is 2. The van der Waals surface area contributed by atoms with Gasteiger partial charge in [-0.2, -0.15) is 0 Å². The number of hydrogen-bond acceptors (Lipinski definition) is 7. The fourth-order valence-corrected chi connectivity index (χ4v) is 4.25. The van der Waals surface area contributed by atoms with E-state index in [2.05, 4.69) is 0 Å². The molecule has 0 spiro atoms. The summed E-state index contributed by atoms with van der Waals surface area (Å²) in [5.41, 5.74) is 1.78. The van der Waals surface area contributed by atoms with Crippen molar-refractivity contribution in [2.75, 3.05) is 27.4 Å². The first-order valence-electron chi connectivity index (χ1n) is 10.3. The Kier molecular flexibility index (Phi) is 5.80. The van der Waals surface area contributed by atoms with Crippen molar-refractivity contribution in [2.24, 2.45) is 0 Å². The number of nitrogens with zero attached hydrogens (tertiary/aromatic N) is 1. The first-order valence-corrected chi connectivity index (χ1v) is 10.3. The number of likely N-dealkylation sites (tertiary alicyclic amines) is 1. The Hall–Kier alpha value is -3.52. The van der Waals surface area contributed by atoms with Crippen molar-refractivity contribution >= 4 is 17.4 Å². The number of phenolic OH excluding ortho intramolecular Hbond substituents is 1. The van der Waals surface area contributed by atoms with Gasteiger partial charge in [-0.3, -0.25) is 9.59 Å². The molecule has 2 unspecified atom stereocenters. The molecule has 0 bridgehead atoms. The molecule has 32 heavy (non-hydrogen) atoms. The second kappa shape index (κ2) is 8.55. The van der Waals surface area contributed by atoms with E-state index in [-0.39, 0.29) is 42.1 Å². The van der Waals surface area contributed by atoms with Gasteiger partial charge in [0.05, 0.1) is 25.3 Å². The van der Waals surface area contributed by atoms with Crippen molar-refractivity contribution in [1.82, 2.24) is 4.90 Å². The molecule has 2 aromatic carbocycles. The van der Waals surface area contributed by atoms with Crippen molar-refractivity contribution in [3.8, 4) is 17.2 Å². The number of methoxy groups -OCH3 is 2. The number of aliphatic hydroxyl groups is 1. The van der Waals surface area contributed by atoms with E-state index in [0.29, 0.717) is 17.5 Å². The lowest BCUT2D eigenvalue weighted by molar-refractivity contribution is -0.140. The van der Waals surface area contributed by atoms with Gasteiger partial charge in [0.25, 0.3) is 11.7 Å². The van der Waals surface area contributed by atoms with E-state index in [1.165, 1.54) is 25.2 Å². The lowest BCUT2D eigenvalue weighted by atomic mass is 9.94. The molecule has 1 fully saturated rings. The summed E-state index contributed by atoms with van der Waals surface area (Å²) in [5, 5.41) is 21.5. The van der Waals surface area contributed by atoms with Gasteiger partial charge in [-0.25, -0.2) is 0 Å². The molecule has 1 saturated heterocycles. The third-order valence-electron chi connectivity index (χ3n) is 5.76. The summed E-state index contributed by atoms with van der Waals surface area (Å²) in [6.07, 6.45) is 0.721. The molecule has 0 radical (unpaired) electrons. The number of amides is 1. The average Bonchev–Trinajstić information content (AvgIpc) is 3.27. The van der Waals surface area contributed by atoms with Crippen LogP contribution < -0.4 is 9.47 Å². The van der Waals surface area contributed by atoms with Gasteiger partial charge in [-0.15, -0.1) is 0 Å². The van der Waals surface area contributed by atoms with Crippen molar-refractivity contribution in [3.05, 3.63) is 58.7 Å². The molecule has 2 heterocycles. The summed E-state index contributed by atoms with van der Waals surface area (Å²) in [5.74, 6) is -0.926. The van der Waals surface area contributed by atoms with Gasteiger partial charge in [0.1, 0.15) is 17.6 Å². The van der Waals surface area contributed by atoms with Crippen molar-refractivity contribution in [3.63, 3.8) is 0 Å². The smallest absolute Gasteiger partial charge is 0.295 e. The first-order chi connectivity index (χ1) is 15.3. The molecule has 0 saturated carbocycles. The van der Waals surface area contributed by atoms with E-state index in [1.807, 2.05) is 6.92 Å². The molecule has 0 aliphatic carbocycles. The zero-order valence-electron chi connectivity index (χ0n) is 18.1. The average molecular weight is 439 g/mol. The number of aromatic hydroxyl groups is 1. The molecule has 2 aromatic rings. The predicted octanol–water partition coefficient (Wildman–Crippen LogP) is 2.79. The summed E-state index contributed by atoms with van der Waals surface area (Å²) in [4.78, 5) is 27.2. The van der Waals surface area contributed by atoms with Crippen molar-refractivity contribution < 1.29 is 34.0 Å². The van der Waals surface area contributed by atoms with Gasteiger partial charge in [0.15, 0.2) is 11.5 Å². The van der Waals surface area contributed by atoms with E-state index in [0.717, 1.165) is 11.3 Å². The number of benzene rings is 2. The second-order valence-corrected chi connectivity index (χ2v) is 7.87. The summed E-state index contributed by atoms with van der Waals surface area (Å²) in [6, 6.07) is 8.95. The van der Waals surface area contributed by atoms with Crippen LogP contribution in [0.15, 0.2) is 42.0 Å². The van der Waals surface area contributed by atoms with Crippen LogP contribution in [0.2, 0.25) is 0 Å². The van der Waals surface area contributed by atoms with Crippen LogP contribution in [0.3, 0.4) is 0 Å². The Labute approximate surface area is 185 Å². The number of phenols is 1. The van der Waals surface area contributed by atoms with Crippen LogP contribution in [-0.4, -0.2) is 60.3 Å². The van der Waals surface area contributed by atoms with Crippen LogP contribution in [0.4, 0.5) is 0 Å². The van der Waals surface area contributed by atoms with Gasteiger partial charge in [-0.1, -0.05) is 6.07 Å². The van der Waals surface area contributed by atoms with Crippen molar-refractivity contribution in [2.45, 2.75) is 25.5 Å². The van der Waals surface area contributed by atoms with Crippen LogP contribution in [-0.2, 0) is 20.7 Å². The summed E-state index contributed by atoms with van der Waals surface area (Å²) < 4.78 is 15.9. The summed E-state index contributed by atoms with van der Waals surface area (Å²) in [6.45, 7) is 2.31. The molecule has 168 valence electrons. The molecule has 8 heteroatoms. The van der Waals surface area contributed by atoms with Crippen LogP contribution in [0.5, 0.6) is 17.2 Å². The van der Waals surface area contributed by atoms with Crippen LogP contribution in [0.1, 0.15) is 29.7 Å².